The maximum Gasteiger partial charge on any atom is 0.341 e. The van der Waals surface area contributed by atoms with Crippen LogP contribution in [0, 0.1) is 5.92 Å². The lowest BCUT2D eigenvalue weighted by molar-refractivity contribution is 0.234. The summed E-state index contributed by atoms with van der Waals surface area (Å²) in [6.07, 6.45) is 0.950. The van der Waals surface area contributed by atoms with Crippen LogP contribution >= 0.6 is 11.6 Å². The molecule has 2 atom stereocenters. The Balaban J connectivity index is 2.17. The van der Waals surface area contributed by atoms with Crippen molar-refractivity contribution in [3.63, 3.8) is 0 Å². The Morgan fingerprint density at radius 1 is 1.30 bits per heavy atom. The van der Waals surface area contributed by atoms with Crippen molar-refractivity contribution in [1.29, 1.82) is 0 Å². The molecule has 3 nitrogen and oxygen atoms in total. The van der Waals surface area contributed by atoms with E-state index in [1.807, 2.05) is 4.90 Å². The maximum atomic E-state index is 12.4. The fourth-order valence-corrected chi connectivity index (χ4v) is 3.22. The van der Waals surface area contributed by atoms with E-state index >= 15 is 0 Å². The maximum absolute atomic E-state index is 12.4. The number of benzene rings is 1. The van der Waals surface area contributed by atoms with E-state index in [0.717, 1.165) is 18.7 Å². The van der Waals surface area contributed by atoms with Gasteiger partial charge in [0.15, 0.2) is 0 Å². The van der Waals surface area contributed by atoms with E-state index in [1.54, 1.807) is 12.1 Å². The van der Waals surface area contributed by atoms with E-state index in [2.05, 4.69) is 6.92 Å². The van der Waals surface area contributed by atoms with Crippen LogP contribution in [0.4, 0.5) is 14.5 Å². The number of alkyl halides is 3. The minimum Gasteiger partial charge on any atom is -0.370 e. The lowest BCUT2D eigenvalue weighted by Gasteiger charge is -2.35. The summed E-state index contributed by atoms with van der Waals surface area (Å²) < 4.78 is 47.5. The van der Waals surface area contributed by atoms with Crippen LogP contribution in [-0.2, 0) is 9.84 Å². The van der Waals surface area contributed by atoms with Gasteiger partial charge in [-0.05, 0) is 36.6 Å². The molecular weight excluding hydrogens is 308 g/mol. The summed E-state index contributed by atoms with van der Waals surface area (Å²) in [5.74, 6) is -2.96. The van der Waals surface area contributed by atoms with Gasteiger partial charge in [0.25, 0.3) is 0 Å². The predicted octanol–water partition coefficient (Wildman–Crippen LogP) is 3.14. The first-order valence-electron chi connectivity index (χ1n) is 6.33. The number of rotatable bonds is 3. The molecule has 1 aliphatic rings. The third kappa shape index (κ3) is 3.06. The van der Waals surface area contributed by atoms with E-state index in [4.69, 9.17) is 11.6 Å². The van der Waals surface area contributed by atoms with Gasteiger partial charge in [-0.1, -0.05) is 6.92 Å². The smallest absolute Gasteiger partial charge is 0.341 e. The Hall–Kier alpha value is -0.880. The van der Waals surface area contributed by atoms with Crippen molar-refractivity contribution in [3.05, 3.63) is 24.3 Å². The zero-order valence-electron chi connectivity index (χ0n) is 11.0. The van der Waals surface area contributed by atoms with E-state index < -0.39 is 15.6 Å². The number of halogens is 3. The van der Waals surface area contributed by atoms with Gasteiger partial charge in [0.2, 0.25) is 9.84 Å². The van der Waals surface area contributed by atoms with Gasteiger partial charge >= 0.3 is 5.76 Å². The molecule has 1 fully saturated rings. The Labute approximate surface area is 122 Å². The molecule has 1 aromatic rings. The molecule has 0 saturated carbocycles. The highest BCUT2D eigenvalue weighted by Crippen LogP contribution is 2.28. The highest BCUT2D eigenvalue weighted by Gasteiger charge is 2.27. The van der Waals surface area contributed by atoms with E-state index in [1.165, 1.54) is 12.1 Å². The van der Waals surface area contributed by atoms with Crippen molar-refractivity contribution in [2.24, 2.45) is 5.92 Å². The van der Waals surface area contributed by atoms with Gasteiger partial charge in [0.05, 0.1) is 10.3 Å². The van der Waals surface area contributed by atoms with Gasteiger partial charge in [-0.2, -0.15) is 8.78 Å². The highest BCUT2D eigenvalue weighted by atomic mass is 35.5. The Kier molecular flexibility index (Phi) is 4.54. The number of piperidine rings is 1. The van der Waals surface area contributed by atoms with Crippen molar-refractivity contribution in [2.75, 3.05) is 18.0 Å². The third-order valence-electron chi connectivity index (χ3n) is 3.63. The molecule has 0 amide bonds. The van der Waals surface area contributed by atoms with Crippen LogP contribution in [0.15, 0.2) is 29.2 Å². The number of hydrogen-bond donors (Lipinski definition) is 0. The Morgan fingerprint density at radius 2 is 1.90 bits per heavy atom. The fraction of sp³-hybridized carbons (Fsp3) is 0.538. The molecule has 1 saturated heterocycles. The zero-order valence-corrected chi connectivity index (χ0v) is 12.5. The highest BCUT2D eigenvalue weighted by molar-refractivity contribution is 7.91. The molecule has 1 aliphatic heterocycles. The zero-order chi connectivity index (χ0) is 14.9. The van der Waals surface area contributed by atoms with Crippen molar-refractivity contribution in [2.45, 2.75) is 29.4 Å². The lowest BCUT2D eigenvalue weighted by atomic mass is 9.98. The van der Waals surface area contributed by atoms with Gasteiger partial charge in [-0.15, -0.1) is 11.6 Å². The molecule has 1 heterocycles. The normalized spacial score (nSPS) is 24.1. The molecule has 0 radical (unpaired) electrons. The molecule has 0 aliphatic carbocycles. The topological polar surface area (TPSA) is 37.4 Å². The largest absolute Gasteiger partial charge is 0.370 e. The summed E-state index contributed by atoms with van der Waals surface area (Å²) in [5.41, 5.74) is 0.802. The van der Waals surface area contributed by atoms with E-state index in [0.29, 0.717) is 12.5 Å². The van der Waals surface area contributed by atoms with E-state index in [-0.39, 0.29) is 10.3 Å². The average Bonchev–Trinajstić information content (AvgIpc) is 2.42. The molecular formula is C13H16ClF2NO2S. The second kappa shape index (κ2) is 5.85. The molecule has 0 bridgehead atoms. The summed E-state index contributed by atoms with van der Waals surface area (Å²) >= 11 is 6.22. The number of sulfone groups is 1. The van der Waals surface area contributed by atoms with Crippen LogP contribution in [0.2, 0.25) is 0 Å². The van der Waals surface area contributed by atoms with Gasteiger partial charge in [0.1, 0.15) is 0 Å². The predicted molar refractivity (Wildman–Crippen MR) is 75.3 cm³/mol. The Morgan fingerprint density at radius 3 is 2.40 bits per heavy atom. The monoisotopic (exact) mass is 323 g/mol. The number of nitrogens with zero attached hydrogens (tertiary/aromatic N) is 1. The molecule has 2 unspecified atom stereocenters. The first-order valence-corrected chi connectivity index (χ1v) is 8.32. The second-order valence-electron chi connectivity index (χ2n) is 5.03. The molecule has 20 heavy (non-hydrogen) atoms. The van der Waals surface area contributed by atoms with Crippen LogP contribution < -0.4 is 4.90 Å². The molecule has 2 rings (SSSR count). The van der Waals surface area contributed by atoms with Crippen molar-refractivity contribution in [1.82, 2.24) is 0 Å². The molecule has 0 spiro atoms. The van der Waals surface area contributed by atoms with Crippen LogP contribution in [0.1, 0.15) is 13.3 Å². The summed E-state index contributed by atoms with van der Waals surface area (Å²) in [6, 6.07) is 5.54. The minimum absolute atomic E-state index is 0.0354. The second-order valence-corrected chi connectivity index (χ2v) is 7.51. The lowest BCUT2D eigenvalue weighted by Crippen LogP contribution is -2.40. The van der Waals surface area contributed by atoms with Gasteiger partial charge < -0.3 is 4.90 Å². The van der Waals surface area contributed by atoms with Crippen molar-refractivity contribution < 1.29 is 17.2 Å². The summed E-state index contributed by atoms with van der Waals surface area (Å²) in [5, 5.41) is 0.0354. The fourth-order valence-electron chi connectivity index (χ4n) is 2.21. The van der Waals surface area contributed by atoms with Crippen LogP contribution in [0.25, 0.3) is 0 Å². The van der Waals surface area contributed by atoms with Crippen LogP contribution in [0.3, 0.4) is 0 Å². The SMILES string of the molecule is CC1CCN(c2ccc(S(=O)(=O)C(F)F)cc2)CC1Cl. The van der Waals surface area contributed by atoms with Gasteiger partial charge in [-0.3, -0.25) is 0 Å². The minimum atomic E-state index is -4.52. The molecule has 1 aromatic carbocycles. The van der Waals surface area contributed by atoms with Gasteiger partial charge in [-0.25, -0.2) is 8.42 Å². The first-order chi connectivity index (χ1) is 9.32. The third-order valence-corrected chi connectivity index (χ3v) is 5.60. The average molecular weight is 324 g/mol. The molecule has 0 N–H and O–H groups in total. The quantitative estimate of drug-likeness (QED) is 0.802. The Bertz CT molecular complexity index is 562. The van der Waals surface area contributed by atoms with Gasteiger partial charge in [0, 0.05) is 18.8 Å². The van der Waals surface area contributed by atoms with Crippen LogP contribution in [0.5, 0.6) is 0 Å². The number of anilines is 1. The van der Waals surface area contributed by atoms with E-state index in [9.17, 15) is 17.2 Å². The molecule has 7 heteroatoms. The summed E-state index contributed by atoms with van der Waals surface area (Å²) in [7, 11) is -4.52. The molecule has 0 aromatic heterocycles. The molecule has 112 valence electrons. The van der Waals surface area contributed by atoms with Crippen LogP contribution in [-0.4, -0.2) is 32.6 Å². The summed E-state index contributed by atoms with van der Waals surface area (Å²) in [4.78, 5) is 1.68. The standard InChI is InChI=1S/C13H16ClF2NO2S/c1-9-6-7-17(8-12(9)14)10-2-4-11(5-3-10)20(18,19)13(15)16/h2-5,9,12-13H,6-8H2,1H3. The van der Waals surface area contributed by atoms with Crippen molar-refractivity contribution in [3.8, 4) is 0 Å². The first kappa shape index (κ1) is 15.5. The summed E-state index contributed by atoms with van der Waals surface area (Å²) in [6.45, 7) is 3.59. The van der Waals surface area contributed by atoms with Crippen molar-refractivity contribution >= 4 is 27.1 Å². The number of hydrogen-bond acceptors (Lipinski definition) is 3.